The fourth-order valence-corrected chi connectivity index (χ4v) is 4.57. The van der Waals surface area contributed by atoms with Crippen molar-refractivity contribution < 1.29 is 22.7 Å². The largest absolute Gasteiger partial charge is 0.496 e. The molecule has 2 aromatic rings. The van der Waals surface area contributed by atoms with Gasteiger partial charge < -0.3 is 9.47 Å². The van der Waals surface area contributed by atoms with E-state index in [4.69, 9.17) is 9.47 Å². The van der Waals surface area contributed by atoms with Gasteiger partial charge in [-0.1, -0.05) is 6.07 Å². The van der Waals surface area contributed by atoms with Crippen LogP contribution >= 0.6 is 27.7 Å². The molecule has 27 heavy (non-hydrogen) atoms. The second kappa shape index (κ2) is 9.09. The predicted octanol–water partition coefficient (Wildman–Crippen LogP) is 3.79. The minimum atomic E-state index is -3.79. The number of methoxy groups -OCH3 is 2. The number of esters is 1. The van der Waals surface area contributed by atoms with Crippen LogP contribution in [0.3, 0.4) is 0 Å². The van der Waals surface area contributed by atoms with E-state index in [9.17, 15) is 13.2 Å². The van der Waals surface area contributed by atoms with Gasteiger partial charge >= 0.3 is 5.97 Å². The van der Waals surface area contributed by atoms with Gasteiger partial charge in [-0.25, -0.2) is 13.2 Å². The number of hydrogen-bond donors (Lipinski definition) is 0. The van der Waals surface area contributed by atoms with E-state index in [2.05, 4.69) is 15.9 Å². The Kier molecular flexibility index (Phi) is 7.32. The Balaban J connectivity index is 2.33. The highest BCUT2D eigenvalue weighted by Gasteiger charge is 2.24. The topological polar surface area (TPSA) is 72.9 Å². The summed E-state index contributed by atoms with van der Waals surface area (Å²) in [6.45, 7) is 0.164. The third-order valence-corrected chi connectivity index (χ3v) is 7.17. The Labute approximate surface area is 172 Å². The lowest BCUT2D eigenvalue weighted by atomic mass is 10.2. The van der Waals surface area contributed by atoms with Gasteiger partial charge in [-0.3, -0.25) is 0 Å². The minimum Gasteiger partial charge on any atom is -0.496 e. The molecule has 146 valence electrons. The molecule has 0 saturated heterocycles. The van der Waals surface area contributed by atoms with Gasteiger partial charge in [-0.15, -0.1) is 11.8 Å². The van der Waals surface area contributed by atoms with E-state index in [1.165, 1.54) is 36.7 Å². The van der Waals surface area contributed by atoms with Crippen molar-refractivity contribution in [3.63, 3.8) is 0 Å². The Hall–Kier alpha value is -1.55. The first-order valence-corrected chi connectivity index (χ1v) is 11.3. The summed E-state index contributed by atoms with van der Waals surface area (Å²) >= 11 is 4.79. The van der Waals surface area contributed by atoms with Gasteiger partial charge in [0.1, 0.15) is 5.75 Å². The predicted molar refractivity (Wildman–Crippen MR) is 109 cm³/mol. The first kappa shape index (κ1) is 21.7. The van der Waals surface area contributed by atoms with Crippen LogP contribution in [0.1, 0.15) is 15.9 Å². The van der Waals surface area contributed by atoms with Crippen LogP contribution in [-0.4, -0.2) is 46.2 Å². The molecule has 0 heterocycles. The van der Waals surface area contributed by atoms with Crippen molar-refractivity contribution >= 4 is 43.7 Å². The van der Waals surface area contributed by atoms with Crippen LogP contribution in [0.4, 0.5) is 0 Å². The normalized spacial score (nSPS) is 11.5. The molecular formula is C18H20BrNO5S2. The molecular weight excluding hydrogens is 454 g/mol. The van der Waals surface area contributed by atoms with E-state index >= 15 is 0 Å². The third-order valence-electron chi connectivity index (χ3n) is 3.90. The van der Waals surface area contributed by atoms with Crippen molar-refractivity contribution in [2.75, 3.05) is 27.5 Å². The summed E-state index contributed by atoms with van der Waals surface area (Å²) in [5.74, 6) is 0.0846. The molecule has 0 spiro atoms. The minimum absolute atomic E-state index is 0.0151. The summed E-state index contributed by atoms with van der Waals surface area (Å²) in [6.07, 6.45) is 1.94. The summed E-state index contributed by atoms with van der Waals surface area (Å²) in [6, 6.07) is 9.84. The fraction of sp³-hybridized carbons (Fsp3) is 0.278. The lowest BCUT2D eigenvalue weighted by Crippen LogP contribution is -2.26. The molecule has 2 rings (SSSR count). The standard InChI is InChI=1S/C18H20BrNO5S2/c1-20(11-12-5-8-17(26-4)16(9-12)24-2)27(22,23)13-6-7-15(19)14(10-13)18(21)25-3/h5-10H,11H2,1-4H3. The number of rotatable bonds is 7. The van der Waals surface area contributed by atoms with E-state index in [0.717, 1.165) is 10.5 Å². The van der Waals surface area contributed by atoms with Crippen molar-refractivity contribution in [2.24, 2.45) is 0 Å². The quantitative estimate of drug-likeness (QED) is 0.449. The molecule has 0 aliphatic carbocycles. The summed E-state index contributed by atoms with van der Waals surface area (Å²) in [4.78, 5) is 12.8. The summed E-state index contributed by atoms with van der Waals surface area (Å²) in [5, 5.41) is 0. The van der Waals surface area contributed by atoms with Crippen molar-refractivity contribution in [2.45, 2.75) is 16.3 Å². The number of thioether (sulfide) groups is 1. The third kappa shape index (κ3) is 4.84. The maximum absolute atomic E-state index is 12.9. The Bertz CT molecular complexity index is 947. The van der Waals surface area contributed by atoms with Gasteiger partial charge in [0.2, 0.25) is 10.0 Å². The molecule has 0 saturated carbocycles. The first-order chi connectivity index (χ1) is 12.7. The van der Waals surface area contributed by atoms with Crippen LogP contribution in [0.25, 0.3) is 0 Å². The van der Waals surface area contributed by atoms with Gasteiger partial charge in [-0.05, 0) is 58.1 Å². The van der Waals surface area contributed by atoms with Gasteiger partial charge in [0, 0.05) is 23.0 Å². The molecule has 9 heteroatoms. The number of halogens is 1. The molecule has 0 amide bonds. The Morgan fingerprint density at radius 3 is 2.48 bits per heavy atom. The number of ether oxygens (including phenoxy) is 2. The number of nitrogens with zero attached hydrogens (tertiary/aromatic N) is 1. The van der Waals surface area contributed by atoms with Crippen LogP contribution in [0, 0.1) is 0 Å². The van der Waals surface area contributed by atoms with E-state index in [1.54, 1.807) is 18.9 Å². The zero-order valence-corrected chi connectivity index (χ0v) is 18.6. The smallest absolute Gasteiger partial charge is 0.339 e. The monoisotopic (exact) mass is 473 g/mol. The zero-order valence-electron chi connectivity index (χ0n) is 15.4. The summed E-state index contributed by atoms with van der Waals surface area (Å²) in [5.41, 5.74) is 0.944. The maximum atomic E-state index is 12.9. The average molecular weight is 474 g/mol. The zero-order chi connectivity index (χ0) is 20.2. The van der Waals surface area contributed by atoms with Crippen molar-refractivity contribution in [1.29, 1.82) is 0 Å². The lowest BCUT2D eigenvalue weighted by Gasteiger charge is -2.19. The summed E-state index contributed by atoms with van der Waals surface area (Å²) in [7, 11) is 0.518. The van der Waals surface area contributed by atoms with Gasteiger partial charge in [0.25, 0.3) is 0 Å². The highest BCUT2D eigenvalue weighted by Crippen LogP contribution is 2.29. The Morgan fingerprint density at radius 1 is 1.19 bits per heavy atom. The number of hydrogen-bond acceptors (Lipinski definition) is 6. The SMILES string of the molecule is COC(=O)c1cc(S(=O)(=O)N(C)Cc2ccc(SC)c(OC)c2)ccc1Br. The van der Waals surface area contributed by atoms with Crippen molar-refractivity contribution in [3.05, 3.63) is 52.0 Å². The number of sulfonamides is 1. The molecule has 2 aromatic carbocycles. The molecule has 0 unspecified atom stereocenters. The average Bonchev–Trinajstić information content (AvgIpc) is 2.67. The van der Waals surface area contributed by atoms with Crippen LogP contribution < -0.4 is 4.74 Å². The van der Waals surface area contributed by atoms with E-state index in [1.807, 2.05) is 24.5 Å². The second-order valence-corrected chi connectivity index (χ2v) is 9.33. The highest BCUT2D eigenvalue weighted by atomic mass is 79.9. The van der Waals surface area contributed by atoms with Gasteiger partial charge in [0.15, 0.2) is 0 Å². The number of carbonyl (C=O) groups is 1. The van der Waals surface area contributed by atoms with E-state index < -0.39 is 16.0 Å². The van der Waals surface area contributed by atoms with E-state index in [0.29, 0.717) is 10.2 Å². The van der Waals surface area contributed by atoms with Crippen LogP contribution in [-0.2, 0) is 21.3 Å². The molecule has 6 nitrogen and oxygen atoms in total. The molecule has 0 N–H and O–H groups in total. The highest BCUT2D eigenvalue weighted by molar-refractivity contribution is 9.10. The molecule has 0 aliphatic rings. The lowest BCUT2D eigenvalue weighted by molar-refractivity contribution is 0.0599. The molecule has 0 fully saturated rings. The summed E-state index contributed by atoms with van der Waals surface area (Å²) < 4.78 is 37.6. The molecule has 0 bridgehead atoms. The van der Waals surface area contributed by atoms with Gasteiger partial charge in [0.05, 0.1) is 24.7 Å². The van der Waals surface area contributed by atoms with Crippen molar-refractivity contribution in [1.82, 2.24) is 4.31 Å². The Morgan fingerprint density at radius 2 is 1.89 bits per heavy atom. The van der Waals surface area contributed by atoms with Crippen LogP contribution in [0.15, 0.2) is 50.7 Å². The number of benzene rings is 2. The molecule has 0 atom stereocenters. The van der Waals surface area contributed by atoms with Crippen molar-refractivity contribution in [3.8, 4) is 5.75 Å². The fourth-order valence-electron chi connectivity index (χ4n) is 2.43. The van der Waals surface area contributed by atoms with E-state index in [-0.39, 0.29) is 17.0 Å². The molecule has 0 radical (unpaired) electrons. The second-order valence-electron chi connectivity index (χ2n) is 5.58. The molecule has 0 aromatic heterocycles. The van der Waals surface area contributed by atoms with Crippen LogP contribution in [0.2, 0.25) is 0 Å². The maximum Gasteiger partial charge on any atom is 0.339 e. The number of carbonyl (C=O) groups excluding carboxylic acids is 1. The van der Waals surface area contributed by atoms with Gasteiger partial charge in [-0.2, -0.15) is 4.31 Å². The first-order valence-electron chi connectivity index (χ1n) is 7.79. The molecule has 0 aliphatic heterocycles. The van der Waals surface area contributed by atoms with Crippen LogP contribution in [0.5, 0.6) is 5.75 Å².